The Labute approximate surface area is 157 Å². The molecular weight excluding hydrogens is 432 g/mol. The zero-order chi connectivity index (χ0) is 16.8. The lowest BCUT2D eigenvalue weighted by atomic mass is 10.0. The van der Waals surface area contributed by atoms with Gasteiger partial charge in [0.2, 0.25) is 0 Å². The third-order valence-corrected chi connectivity index (χ3v) is 5.73. The minimum absolute atomic E-state index is 0.589. The van der Waals surface area contributed by atoms with E-state index >= 15 is 0 Å². The Hall–Kier alpha value is -0.980. The van der Waals surface area contributed by atoms with Crippen molar-refractivity contribution in [1.29, 1.82) is 5.41 Å². The molecule has 3 N–H and O–H groups in total. The second kappa shape index (κ2) is 8.92. The van der Waals surface area contributed by atoms with E-state index in [2.05, 4.69) is 60.3 Å². The van der Waals surface area contributed by atoms with Crippen molar-refractivity contribution in [2.24, 2.45) is 5.92 Å². The predicted molar refractivity (Wildman–Crippen MR) is 112 cm³/mol. The number of hydrogen-bond donors (Lipinski definition) is 3. The summed E-state index contributed by atoms with van der Waals surface area (Å²) in [6.45, 7) is 3.35. The van der Waals surface area contributed by atoms with Crippen LogP contribution in [0.5, 0.6) is 0 Å². The van der Waals surface area contributed by atoms with Gasteiger partial charge in [0.15, 0.2) is 0 Å². The summed E-state index contributed by atoms with van der Waals surface area (Å²) in [7, 11) is 0. The molecule has 2 atom stereocenters. The first kappa shape index (κ1) is 17.8. The minimum Gasteiger partial charge on any atom is -0.364 e. The summed E-state index contributed by atoms with van der Waals surface area (Å²) in [6, 6.07) is 4.24. The molecule has 0 aliphatic carbocycles. The van der Waals surface area contributed by atoms with Crippen molar-refractivity contribution >= 4 is 51.1 Å². The highest BCUT2D eigenvalue weighted by Gasteiger charge is 2.14. The van der Waals surface area contributed by atoms with Crippen LogP contribution >= 0.6 is 28.4 Å². The molecule has 1 aliphatic heterocycles. The maximum absolute atomic E-state index is 7.60. The molecule has 128 valence electrons. The molecule has 0 amide bonds. The van der Waals surface area contributed by atoms with Crippen LogP contribution < -0.4 is 10.4 Å². The molecule has 1 fully saturated rings. The van der Waals surface area contributed by atoms with E-state index in [0.29, 0.717) is 6.37 Å². The Kier molecular flexibility index (Phi) is 6.63. The van der Waals surface area contributed by atoms with E-state index in [1.165, 1.54) is 36.4 Å². The van der Waals surface area contributed by atoms with Crippen molar-refractivity contribution in [3.8, 4) is 0 Å². The van der Waals surface area contributed by atoms with E-state index in [9.17, 15) is 0 Å². The standard InChI is InChI=1S/C17H23IN5P/c18-24-22-10-15(9-19)16-8-14-4-7-23(17(14)11-21-16)12-13-2-1-5-20-6-3-13/h4,7-11,13,19-20,22,24H,1-3,5-6,12H2/b15-10+,19-9?. The predicted octanol–water partition coefficient (Wildman–Crippen LogP) is 3.95. The van der Waals surface area contributed by atoms with Crippen molar-refractivity contribution < 1.29 is 0 Å². The van der Waals surface area contributed by atoms with Gasteiger partial charge in [-0.15, -0.1) is 0 Å². The van der Waals surface area contributed by atoms with Crippen LogP contribution in [0, 0.1) is 11.3 Å². The molecule has 3 heterocycles. The molecule has 0 radical (unpaired) electrons. The molecule has 2 aromatic heterocycles. The lowest BCUT2D eigenvalue weighted by molar-refractivity contribution is 0.410. The zero-order valence-corrected chi connectivity index (χ0v) is 16.7. The smallest absolute Gasteiger partial charge is 0.0739 e. The largest absolute Gasteiger partial charge is 0.364 e. The van der Waals surface area contributed by atoms with E-state index in [-0.39, 0.29) is 0 Å². The monoisotopic (exact) mass is 455 g/mol. The molecular formula is C17H23IN5P. The number of fused-ring (bicyclic) bond motifs is 1. The number of aromatic nitrogens is 2. The van der Waals surface area contributed by atoms with Gasteiger partial charge < -0.3 is 20.4 Å². The second-order valence-electron chi connectivity index (χ2n) is 6.13. The van der Waals surface area contributed by atoms with Gasteiger partial charge in [-0.2, -0.15) is 0 Å². The van der Waals surface area contributed by atoms with Gasteiger partial charge in [-0.3, -0.25) is 4.98 Å². The molecule has 1 aliphatic rings. The quantitative estimate of drug-likeness (QED) is 0.351. The van der Waals surface area contributed by atoms with E-state index in [4.69, 9.17) is 5.41 Å². The first-order chi connectivity index (χ1) is 11.8. The van der Waals surface area contributed by atoms with Crippen LogP contribution in [0.15, 0.2) is 30.7 Å². The number of nitrogens with zero attached hydrogens (tertiary/aromatic N) is 2. The number of pyridine rings is 1. The molecule has 2 unspecified atom stereocenters. The third kappa shape index (κ3) is 4.35. The number of halogens is 1. The molecule has 0 bridgehead atoms. The molecule has 0 spiro atoms. The molecule has 2 aromatic rings. The topological polar surface area (TPSA) is 65.7 Å². The minimum atomic E-state index is 0.589. The highest BCUT2D eigenvalue weighted by atomic mass is 127. The van der Waals surface area contributed by atoms with E-state index in [0.717, 1.165) is 36.8 Å². The Morgan fingerprint density at radius 3 is 3.25 bits per heavy atom. The fourth-order valence-corrected chi connectivity index (χ4v) is 3.93. The average Bonchev–Trinajstić information content (AvgIpc) is 2.82. The van der Waals surface area contributed by atoms with Crippen molar-refractivity contribution in [2.45, 2.75) is 25.8 Å². The fraction of sp³-hybridized carbons (Fsp3) is 0.412. The third-order valence-electron chi connectivity index (χ3n) is 4.54. The van der Waals surface area contributed by atoms with Crippen LogP contribution in [-0.4, -0.2) is 28.9 Å². The summed E-state index contributed by atoms with van der Waals surface area (Å²) in [5.74, 6) is 0.737. The summed E-state index contributed by atoms with van der Waals surface area (Å²) in [5, 5.41) is 15.4. The van der Waals surface area contributed by atoms with E-state index in [1.54, 1.807) is 0 Å². The summed E-state index contributed by atoms with van der Waals surface area (Å²) in [5.41, 5.74) is 2.84. The van der Waals surface area contributed by atoms with Crippen LogP contribution in [0.4, 0.5) is 0 Å². The van der Waals surface area contributed by atoms with Gasteiger partial charge in [-0.1, -0.05) is 0 Å². The maximum atomic E-state index is 7.60. The van der Waals surface area contributed by atoms with E-state index in [1.807, 2.05) is 12.4 Å². The van der Waals surface area contributed by atoms with Gasteiger partial charge in [-0.25, -0.2) is 0 Å². The lowest BCUT2D eigenvalue weighted by Crippen LogP contribution is -2.15. The van der Waals surface area contributed by atoms with Gasteiger partial charge in [0.1, 0.15) is 0 Å². The molecule has 7 heteroatoms. The van der Waals surface area contributed by atoms with Crippen LogP contribution in [0.25, 0.3) is 16.5 Å². The van der Waals surface area contributed by atoms with Gasteiger partial charge >= 0.3 is 0 Å². The van der Waals surface area contributed by atoms with Crippen LogP contribution in [0.3, 0.4) is 0 Å². The van der Waals surface area contributed by atoms with E-state index < -0.39 is 0 Å². The number of hydrogen-bond acceptors (Lipinski definition) is 4. The lowest BCUT2D eigenvalue weighted by Gasteiger charge is -2.15. The van der Waals surface area contributed by atoms with Crippen molar-refractivity contribution in [2.75, 3.05) is 13.1 Å². The van der Waals surface area contributed by atoms with Crippen LogP contribution in [-0.2, 0) is 6.54 Å². The molecule has 1 saturated heterocycles. The van der Waals surface area contributed by atoms with Crippen molar-refractivity contribution in [3.63, 3.8) is 0 Å². The van der Waals surface area contributed by atoms with Gasteiger partial charge in [-0.05, 0) is 72.4 Å². The van der Waals surface area contributed by atoms with Crippen molar-refractivity contribution in [3.05, 3.63) is 36.4 Å². The summed E-state index contributed by atoms with van der Waals surface area (Å²) >= 11 is 2.27. The van der Waals surface area contributed by atoms with Gasteiger partial charge in [0.25, 0.3) is 0 Å². The molecule has 0 saturated carbocycles. The van der Waals surface area contributed by atoms with Gasteiger partial charge in [0.05, 0.1) is 17.4 Å². The normalized spacial score (nSPS) is 19.7. The number of allylic oxidation sites excluding steroid dienone is 1. The van der Waals surface area contributed by atoms with Crippen LogP contribution in [0.2, 0.25) is 0 Å². The van der Waals surface area contributed by atoms with Crippen molar-refractivity contribution in [1.82, 2.24) is 20.0 Å². The second-order valence-corrected chi connectivity index (χ2v) is 8.22. The fourth-order valence-electron chi connectivity index (χ4n) is 3.25. The highest BCUT2D eigenvalue weighted by Crippen LogP contribution is 2.23. The Balaban J connectivity index is 1.81. The highest BCUT2D eigenvalue weighted by molar-refractivity contribution is 14.2. The average molecular weight is 455 g/mol. The molecule has 5 nitrogen and oxygen atoms in total. The first-order valence-corrected chi connectivity index (χ1v) is 12.4. The maximum Gasteiger partial charge on any atom is 0.0739 e. The molecule has 24 heavy (non-hydrogen) atoms. The Morgan fingerprint density at radius 1 is 1.50 bits per heavy atom. The summed E-state index contributed by atoms with van der Waals surface area (Å²) in [6.07, 6.45) is 11.7. The Morgan fingerprint density at radius 2 is 2.42 bits per heavy atom. The van der Waals surface area contributed by atoms with Crippen LogP contribution in [0.1, 0.15) is 25.0 Å². The number of nitrogens with one attached hydrogen (secondary N) is 3. The Bertz CT molecular complexity index is 719. The molecule has 0 aromatic carbocycles. The summed E-state index contributed by atoms with van der Waals surface area (Å²) in [4.78, 5) is 4.58. The zero-order valence-electron chi connectivity index (χ0n) is 13.6. The molecule has 3 rings (SSSR count). The van der Waals surface area contributed by atoms with Gasteiger partial charge in [0, 0.05) is 42.5 Å². The number of rotatable bonds is 6. The summed E-state index contributed by atoms with van der Waals surface area (Å²) < 4.78 is 2.33. The first-order valence-electron chi connectivity index (χ1n) is 8.29. The SMILES string of the molecule is N=C/C(=C\NPI)c1cc2ccn(CC3CCCNCC3)c2cn1.